The molecule has 10 nitrogen and oxygen atoms in total. The summed E-state index contributed by atoms with van der Waals surface area (Å²) in [5.41, 5.74) is 1.33. The summed E-state index contributed by atoms with van der Waals surface area (Å²) in [5.74, 6) is -18.0. The van der Waals surface area contributed by atoms with E-state index < -0.39 is 23.8 Å². The number of carboxylic acids is 2. The van der Waals surface area contributed by atoms with Gasteiger partial charge in [0.05, 0.1) is 11.1 Å². The summed E-state index contributed by atoms with van der Waals surface area (Å²) in [4.78, 5) is 47.6. The van der Waals surface area contributed by atoms with Crippen LogP contribution in [0.2, 0.25) is 0 Å². The molecule has 2 rings (SSSR count). The quantitative estimate of drug-likeness (QED) is 0.0776. The van der Waals surface area contributed by atoms with E-state index in [1.807, 2.05) is 12.1 Å². The monoisotopic (exact) mass is 1390 g/mol. The zero-order valence-corrected chi connectivity index (χ0v) is 39.9. The van der Waals surface area contributed by atoms with Gasteiger partial charge in [-0.25, -0.2) is 19.2 Å². The summed E-state index contributed by atoms with van der Waals surface area (Å²) in [6.07, 6.45) is 0. The molecule has 0 spiro atoms. The summed E-state index contributed by atoms with van der Waals surface area (Å²) in [5, 5.41) is 15.1. The van der Waals surface area contributed by atoms with E-state index in [4.69, 9.17) is 19.7 Å². The number of aliphatic carboxylic acids is 2. The predicted octanol–water partition coefficient (Wildman–Crippen LogP) is 8.42. The highest BCUT2D eigenvalue weighted by Gasteiger charge is 2.68. The number of likely N-dealkylation sites (N-methyl/N-ethyl adjacent to an activating group) is 2. The molecule has 0 aliphatic carbocycles. The molecule has 0 heterocycles. The van der Waals surface area contributed by atoms with Crippen molar-refractivity contribution in [3.8, 4) is 0 Å². The number of alkyl halides is 4. The molecule has 2 N–H and O–H groups in total. The molecular formula is C30H34F4I6N2O8. The van der Waals surface area contributed by atoms with Crippen LogP contribution >= 0.6 is 136 Å². The van der Waals surface area contributed by atoms with Crippen LogP contribution in [0.3, 0.4) is 0 Å². The number of hydrogen-bond donors (Lipinski definition) is 2. The Bertz CT molecular complexity index is 1360. The third kappa shape index (κ3) is 16.4. The highest BCUT2D eigenvalue weighted by atomic mass is 127. The molecule has 282 valence electrons. The number of halogens is 10. The van der Waals surface area contributed by atoms with Crippen LogP contribution in [0.5, 0.6) is 0 Å². The Labute approximate surface area is 369 Å². The number of carboxylic acid groups (broad SMARTS) is 2. The second-order valence-corrected chi connectivity index (χ2v) is 16.6. The van der Waals surface area contributed by atoms with Crippen molar-refractivity contribution in [1.82, 2.24) is 9.80 Å². The van der Waals surface area contributed by atoms with E-state index in [1.165, 1.54) is 0 Å². The van der Waals surface area contributed by atoms with Crippen LogP contribution in [0.1, 0.15) is 48.4 Å². The van der Waals surface area contributed by atoms with Gasteiger partial charge in [-0.05, 0) is 186 Å². The van der Waals surface area contributed by atoms with Gasteiger partial charge in [0.15, 0.2) is 0 Å². The second-order valence-electron chi connectivity index (χ2n) is 9.58. The zero-order chi connectivity index (χ0) is 39.0. The average molecular weight is 1390 g/mol. The van der Waals surface area contributed by atoms with Gasteiger partial charge in [0.2, 0.25) is 0 Å². The van der Waals surface area contributed by atoms with Gasteiger partial charge in [-0.2, -0.15) is 17.6 Å². The smallest absolute Gasteiger partial charge is 0.415 e. The van der Waals surface area contributed by atoms with E-state index in [0.717, 1.165) is 60.7 Å². The first-order chi connectivity index (χ1) is 23.1. The van der Waals surface area contributed by atoms with Gasteiger partial charge in [0.1, 0.15) is 13.2 Å². The number of ether oxygens (including phenoxy) is 2. The van der Waals surface area contributed by atoms with Crippen LogP contribution in [-0.2, 0) is 19.1 Å². The fourth-order valence-corrected chi connectivity index (χ4v) is 8.20. The lowest BCUT2D eigenvalue weighted by molar-refractivity contribution is -0.231. The molecule has 2 aromatic carbocycles. The Balaban J connectivity index is 0.000000742. The SMILES string of the molecule is CCN(CC)CCOC(=O)c1cc(I)cc(I)c1I.CCN(CC)CCOC(=O)c1cc(I)cc(I)c1I.O=C(O)C(F)(F)C(F)(F)C(=O)O. The molecule has 50 heavy (non-hydrogen) atoms. The highest BCUT2D eigenvalue weighted by molar-refractivity contribution is 14.1. The molecule has 2 aromatic rings. The molecule has 0 atom stereocenters. The maximum atomic E-state index is 12.1. The van der Waals surface area contributed by atoms with Gasteiger partial charge in [-0.1, -0.05) is 27.7 Å². The summed E-state index contributed by atoms with van der Waals surface area (Å²) in [7, 11) is 0. The molecule has 0 saturated carbocycles. The Morgan fingerprint density at radius 2 is 0.880 bits per heavy atom. The summed E-state index contributed by atoms with van der Waals surface area (Å²) in [6.45, 7) is 14.8. The maximum Gasteiger partial charge on any atom is 0.415 e. The van der Waals surface area contributed by atoms with Crippen molar-refractivity contribution >= 4 is 159 Å². The molecule has 0 fully saturated rings. The van der Waals surface area contributed by atoms with Crippen LogP contribution in [0.15, 0.2) is 24.3 Å². The van der Waals surface area contributed by atoms with Crippen molar-refractivity contribution < 1.29 is 56.4 Å². The summed E-state index contributed by atoms with van der Waals surface area (Å²) >= 11 is 13.3. The van der Waals surface area contributed by atoms with Crippen LogP contribution in [0.25, 0.3) is 0 Å². The van der Waals surface area contributed by atoms with E-state index >= 15 is 0 Å². The Morgan fingerprint density at radius 3 is 1.12 bits per heavy atom. The first-order valence-corrected chi connectivity index (χ1v) is 20.9. The minimum atomic E-state index is -5.60. The number of esters is 2. The lowest BCUT2D eigenvalue weighted by Crippen LogP contribution is -2.52. The number of nitrogens with zero attached hydrogens (tertiary/aromatic N) is 2. The van der Waals surface area contributed by atoms with Crippen LogP contribution < -0.4 is 0 Å². The standard InChI is InChI=1S/2C13H16I3NO2.C4H2F4O4/c2*1-3-17(4-2)5-6-19-13(18)10-7-9(14)8-11(15)12(10)16;5-3(6,1(9)10)4(7,8)2(11)12/h2*7-8H,3-6H2,1-2H3;(H,9,10)(H,11,12). The number of benzene rings is 2. The molecular weight excluding hydrogens is 1350 g/mol. The van der Waals surface area contributed by atoms with E-state index in [9.17, 15) is 36.7 Å². The van der Waals surface area contributed by atoms with Gasteiger partial charge in [-0.15, -0.1) is 0 Å². The number of carbonyl (C=O) groups is 4. The minimum Gasteiger partial charge on any atom is -0.477 e. The molecule has 0 aliphatic heterocycles. The molecule has 20 heteroatoms. The molecule has 0 radical (unpaired) electrons. The molecule has 0 unspecified atom stereocenters. The van der Waals surface area contributed by atoms with E-state index in [2.05, 4.69) is 185 Å². The first kappa shape index (κ1) is 50.3. The fraction of sp³-hybridized carbons (Fsp3) is 0.467. The van der Waals surface area contributed by atoms with Crippen molar-refractivity contribution in [3.05, 3.63) is 56.8 Å². The third-order valence-corrected chi connectivity index (χ3v) is 13.8. The van der Waals surface area contributed by atoms with Crippen molar-refractivity contribution in [3.63, 3.8) is 0 Å². The van der Waals surface area contributed by atoms with Gasteiger partial charge >= 0.3 is 35.7 Å². The number of carbonyl (C=O) groups excluding carboxylic acids is 2. The molecule has 0 aromatic heterocycles. The topological polar surface area (TPSA) is 134 Å². The van der Waals surface area contributed by atoms with Gasteiger partial charge in [-0.3, -0.25) is 0 Å². The second kappa shape index (κ2) is 24.7. The normalized spacial score (nSPS) is 11.3. The molecule has 0 aliphatic rings. The Kier molecular flexibility index (Phi) is 24.9. The third-order valence-electron chi connectivity index (χ3n) is 6.43. The largest absolute Gasteiger partial charge is 0.477 e. The van der Waals surface area contributed by atoms with E-state index in [-0.39, 0.29) is 11.9 Å². The maximum absolute atomic E-state index is 12.1. The lowest BCUT2D eigenvalue weighted by Gasteiger charge is -2.17. The molecule has 0 saturated heterocycles. The summed E-state index contributed by atoms with van der Waals surface area (Å²) < 4.78 is 64.3. The predicted molar refractivity (Wildman–Crippen MR) is 230 cm³/mol. The summed E-state index contributed by atoms with van der Waals surface area (Å²) in [6, 6.07) is 7.86. The fourth-order valence-electron chi connectivity index (χ4n) is 3.45. The Hall–Kier alpha value is 0.340. The van der Waals surface area contributed by atoms with Crippen LogP contribution in [-0.4, -0.2) is 108 Å². The Morgan fingerprint density at radius 1 is 0.600 bits per heavy atom. The average Bonchev–Trinajstić information content (AvgIpc) is 3.04. The zero-order valence-electron chi connectivity index (χ0n) is 27.0. The lowest BCUT2D eigenvalue weighted by atomic mass is 10.2. The van der Waals surface area contributed by atoms with Crippen molar-refractivity contribution in [2.45, 2.75) is 39.5 Å². The van der Waals surface area contributed by atoms with Gasteiger partial charge in [0, 0.05) is 34.5 Å². The molecule has 0 bridgehead atoms. The van der Waals surface area contributed by atoms with Gasteiger partial charge < -0.3 is 29.5 Å². The minimum absolute atomic E-state index is 0.229. The van der Waals surface area contributed by atoms with Crippen molar-refractivity contribution in [2.24, 2.45) is 0 Å². The number of rotatable bonds is 15. The van der Waals surface area contributed by atoms with Gasteiger partial charge in [0.25, 0.3) is 0 Å². The molecule has 0 amide bonds. The van der Waals surface area contributed by atoms with Crippen molar-refractivity contribution in [2.75, 3.05) is 52.5 Å². The number of hydrogen-bond acceptors (Lipinski definition) is 8. The van der Waals surface area contributed by atoms with Crippen molar-refractivity contribution in [1.29, 1.82) is 0 Å². The van der Waals surface area contributed by atoms with Crippen LogP contribution in [0.4, 0.5) is 17.6 Å². The highest BCUT2D eigenvalue weighted by Crippen LogP contribution is 2.34. The first-order valence-electron chi connectivity index (χ1n) is 14.4. The van der Waals surface area contributed by atoms with E-state index in [1.54, 1.807) is 0 Å². The van der Waals surface area contributed by atoms with Crippen LogP contribution in [0, 0.1) is 21.4 Å². The van der Waals surface area contributed by atoms with E-state index in [0.29, 0.717) is 24.3 Å².